The highest BCUT2D eigenvalue weighted by molar-refractivity contribution is 9.10. The smallest absolute Gasteiger partial charge is 0.267 e. The molecule has 0 atom stereocenters. The predicted octanol–water partition coefficient (Wildman–Crippen LogP) is 2.29. The first-order valence-electron chi connectivity index (χ1n) is 9.39. The lowest BCUT2D eigenvalue weighted by atomic mass is 10.0. The Kier molecular flexibility index (Phi) is 5.61. The zero-order valence-corrected chi connectivity index (χ0v) is 19.2. The molecular formula is C24H20Br2N2O. The standard InChI is InChI=1S/C24H20BrN2O.BrH/c1-28-21-13-6-18(7-14-21)23-16-26-22-5-3-2-4-17(22)8-15-24(26)27(23)20-11-9-19(25)10-12-20;/h2-7,9-14,16H,8,15H2,1H3;1H/q+1;/p-1. The molecule has 1 aliphatic rings. The second kappa shape index (κ2) is 8.17. The summed E-state index contributed by atoms with van der Waals surface area (Å²) in [6.45, 7) is 0. The van der Waals surface area contributed by atoms with Gasteiger partial charge in [0.25, 0.3) is 5.82 Å². The number of aryl methyl sites for hydroxylation is 1. The molecule has 1 aliphatic heterocycles. The Balaban J connectivity index is 0.00000205. The van der Waals surface area contributed by atoms with Crippen molar-refractivity contribution in [3.05, 3.63) is 94.9 Å². The van der Waals surface area contributed by atoms with Gasteiger partial charge in [-0.25, -0.2) is 0 Å². The van der Waals surface area contributed by atoms with Crippen LogP contribution >= 0.6 is 15.9 Å². The van der Waals surface area contributed by atoms with Crippen LogP contribution in [0.5, 0.6) is 5.75 Å². The number of ether oxygens (including phenoxy) is 1. The number of hydrogen-bond acceptors (Lipinski definition) is 1. The first-order valence-corrected chi connectivity index (χ1v) is 10.2. The first-order chi connectivity index (χ1) is 13.7. The van der Waals surface area contributed by atoms with Crippen LogP contribution in [-0.4, -0.2) is 11.7 Å². The molecule has 29 heavy (non-hydrogen) atoms. The molecule has 0 N–H and O–H groups in total. The van der Waals surface area contributed by atoms with Crippen molar-refractivity contribution in [1.29, 1.82) is 0 Å². The van der Waals surface area contributed by atoms with Crippen LogP contribution in [0.15, 0.2) is 83.5 Å². The molecular weight excluding hydrogens is 492 g/mol. The normalized spacial score (nSPS) is 11.9. The lowest BCUT2D eigenvalue weighted by Gasteiger charge is -2.14. The second-order valence-corrected chi connectivity index (χ2v) is 7.89. The zero-order chi connectivity index (χ0) is 19.1. The average molecular weight is 512 g/mol. The van der Waals surface area contributed by atoms with Crippen molar-refractivity contribution in [1.82, 2.24) is 4.57 Å². The van der Waals surface area contributed by atoms with Crippen LogP contribution in [0, 0.1) is 0 Å². The third-order valence-electron chi connectivity index (χ3n) is 5.37. The Morgan fingerprint density at radius 3 is 2.34 bits per heavy atom. The number of rotatable bonds is 3. The van der Waals surface area contributed by atoms with E-state index < -0.39 is 0 Å². The van der Waals surface area contributed by atoms with E-state index in [2.05, 4.69) is 91.9 Å². The van der Waals surface area contributed by atoms with Gasteiger partial charge in [-0.1, -0.05) is 34.1 Å². The van der Waals surface area contributed by atoms with Crippen LogP contribution in [0.3, 0.4) is 0 Å². The van der Waals surface area contributed by atoms with Crippen LogP contribution in [-0.2, 0) is 12.8 Å². The molecule has 0 saturated heterocycles. The Morgan fingerprint density at radius 2 is 1.62 bits per heavy atom. The van der Waals surface area contributed by atoms with E-state index in [0.29, 0.717) is 0 Å². The summed E-state index contributed by atoms with van der Waals surface area (Å²) in [6.07, 6.45) is 4.32. The molecule has 0 amide bonds. The van der Waals surface area contributed by atoms with Crippen molar-refractivity contribution in [2.45, 2.75) is 12.8 Å². The Labute approximate surface area is 189 Å². The number of benzene rings is 3. The first kappa shape index (κ1) is 19.9. The molecule has 0 unspecified atom stereocenters. The van der Waals surface area contributed by atoms with Crippen LogP contribution in [0.25, 0.3) is 22.6 Å². The van der Waals surface area contributed by atoms with Gasteiger partial charge in [0.05, 0.1) is 13.5 Å². The van der Waals surface area contributed by atoms with Gasteiger partial charge in [-0.05, 0) is 66.6 Å². The summed E-state index contributed by atoms with van der Waals surface area (Å²) < 4.78 is 11.2. The van der Waals surface area contributed by atoms with E-state index in [4.69, 9.17) is 4.74 Å². The van der Waals surface area contributed by atoms with Crippen molar-refractivity contribution in [3.8, 4) is 28.4 Å². The summed E-state index contributed by atoms with van der Waals surface area (Å²) in [5, 5.41) is 0. The third kappa shape index (κ3) is 3.53. The summed E-state index contributed by atoms with van der Waals surface area (Å²) in [4.78, 5) is 0. The molecule has 4 aromatic rings. The molecule has 0 spiro atoms. The molecule has 0 aliphatic carbocycles. The van der Waals surface area contributed by atoms with Gasteiger partial charge in [0.1, 0.15) is 23.3 Å². The maximum atomic E-state index is 5.34. The molecule has 0 bridgehead atoms. The summed E-state index contributed by atoms with van der Waals surface area (Å²) >= 11 is 3.56. The van der Waals surface area contributed by atoms with Crippen molar-refractivity contribution >= 4 is 15.9 Å². The van der Waals surface area contributed by atoms with Crippen molar-refractivity contribution in [2.24, 2.45) is 0 Å². The molecule has 0 radical (unpaired) electrons. The van der Waals surface area contributed by atoms with Gasteiger partial charge in [-0.15, -0.1) is 0 Å². The number of fused-ring (bicyclic) bond motifs is 3. The SMILES string of the molecule is COc1ccc(-c2c[n+]3c(n2-c2ccc(Br)cc2)CCc2ccccc2-3)cc1.[Br-]. The molecule has 5 rings (SSSR count). The highest BCUT2D eigenvalue weighted by Crippen LogP contribution is 2.30. The third-order valence-corrected chi connectivity index (χ3v) is 5.90. The van der Waals surface area contributed by atoms with Gasteiger partial charge in [0, 0.05) is 10.0 Å². The maximum Gasteiger partial charge on any atom is 0.267 e. The molecule has 3 nitrogen and oxygen atoms in total. The molecule has 2 heterocycles. The quantitative estimate of drug-likeness (QED) is 0.386. The largest absolute Gasteiger partial charge is 1.00 e. The van der Waals surface area contributed by atoms with Gasteiger partial charge in [-0.3, -0.25) is 0 Å². The number of hydrogen-bond donors (Lipinski definition) is 0. The fourth-order valence-electron chi connectivity index (χ4n) is 3.99. The maximum absolute atomic E-state index is 5.34. The molecule has 5 heteroatoms. The number of imidazole rings is 1. The lowest BCUT2D eigenvalue weighted by molar-refractivity contribution is -0.606. The topological polar surface area (TPSA) is 18.0 Å². The van der Waals surface area contributed by atoms with E-state index in [1.807, 2.05) is 12.1 Å². The lowest BCUT2D eigenvalue weighted by Crippen LogP contribution is -3.00. The van der Waals surface area contributed by atoms with Gasteiger partial charge in [0.15, 0.2) is 5.69 Å². The minimum absolute atomic E-state index is 0. The van der Waals surface area contributed by atoms with Crippen LogP contribution in [0.2, 0.25) is 0 Å². The Morgan fingerprint density at radius 1 is 0.897 bits per heavy atom. The van der Waals surface area contributed by atoms with Gasteiger partial charge >= 0.3 is 0 Å². The summed E-state index contributed by atoms with van der Waals surface area (Å²) in [6, 6.07) is 25.5. The second-order valence-electron chi connectivity index (χ2n) is 6.97. The number of para-hydroxylation sites is 1. The van der Waals surface area contributed by atoms with E-state index >= 15 is 0 Å². The van der Waals surface area contributed by atoms with Crippen molar-refractivity contribution < 1.29 is 26.3 Å². The van der Waals surface area contributed by atoms with E-state index in [-0.39, 0.29) is 17.0 Å². The predicted molar refractivity (Wildman–Crippen MR) is 114 cm³/mol. The van der Waals surface area contributed by atoms with E-state index in [9.17, 15) is 0 Å². The van der Waals surface area contributed by atoms with Gasteiger partial charge in [-0.2, -0.15) is 9.13 Å². The monoisotopic (exact) mass is 510 g/mol. The minimum atomic E-state index is 0. The molecule has 0 saturated carbocycles. The van der Waals surface area contributed by atoms with Crippen LogP contribution in [0.1, 0.15) is 11.4 Å². The zero-order valence-electron chi connectivity index (χ0n) is 16.0. The fourth-order valence-corrected chi connectivity index (χ4v) is 4.25. The van der Waals surface area contributed by atoms with Crippen LogP contribution < -0.4 is 26.3 Å². The van der Waals surface area contributed by atoms with Crippen molar-refractivity contribution in [2.75, 3.05) is 7.11 Å². The molecule has 1 aromatic heterocycles. The van der Waals surface area contributed by atoms with E-state index in [1.165, 1.54) is 34.0 Å². The number of aromatic nitrogens is 2. The summed E-state index contributed by atoms with van der Waals surface area (Å²) in [5.74, 6) is 2.17. The molecule has 3 aromatic carbocycles. The Hall–Kier alpha value is -2.37. The average Bonchev–Trinajstić information content (AvgIpc) is 3.14. The van der Waals surface area contributed by atoms with Gasteiger partial charge < -0.3 is 21.7 Å². The fraction of sp³-hybridized carbons (Fsp3) is 0.125. The summed E-state index contributed by atoms with van der Waals surface area (Å²) in [7, 11) is 1.70. The Bertz CT molecular complexity index is 1150. The van der Waals surface area contributed by atoms with Crippen molar-refractivity contribution in [3.63, 3.8) is 0 Å². The van der Waals surface area contributed by atoms with E-state index in [1.54, 1.807) is 7.11 Å². The molecule has 0 fully saturated rings. The minimum Gasteiger partial charge on any atom is -1.00 e. The number of methoxy groups -OCH3 is 1. The number of nitrogens with zero attached hydrogens (tertiary/aromatic N) is 2. The van der Waals surface area contributed by atoms with Gasteiger partial charge in [0.2, 0.25) is 0 Å². The molecule has 146 valence electrons. The highest BCUT2D eigenvalue weighted by atomic mass is 79.9. The van der Waals surface area contributed by atoms with Crippen LogP contribution in [0.4, 0.5) is 0 Å². The highest BCUT2D eigenvalue weighted by Gasteiger charge is 2.31. The number of halogens is 2. The summed E-state index contributed by atoms with van der Waals surface area (Å²) in [5.41, 5.74) is 6.19. The van der Waals surface area contributed by atoms with E-state index in [0.717, 1.165) is 23.1 Å².